The van der Waals surface area contributed by atoms with Gasteiger partial charge in [-0.3, -0.25) is 0 Å². The third kappa shape index (κ3) is 3.52. The van der Waals surface area contributed by atoms with Crippen molar-refractivity contribution in [3.8, 4) is 0 Å². The average Bonchev–Trinajstić information content (AvgIpc) is 2.94. The maximum absolute atomic E-state index is 12.5. The van der Waals surface area contributed by atoms with Crippen LogP contribution in [0.2, 0.25) is 4.34 Å². The molecule has 0 unspecified atom stereocenters. The molecule has 2 heterocycles. The van der Waals surface area contributed by atoms with Gasteiger partial charge in [0.15, 0.2) is 0 Å². The minimum atomic E-state index is -0.508. The molecule has 0 aliphatic carbocycles. The van der Waals surface area contributed by atoms with Crippen LogP contribution in [0.15, 0.2) is 23.4 Å². The van der Waals surface area contributed by atoms with E-state index in [0.29, 0.717) is 22.2 Å². The van der Waals surface area contributed by atoms with Crippen LogP contribution in [0.25, 0.3) is 0 Å². The van der Waals surface area contributed by atoms with Crippen molar-refractivity contribution in [1.29, 1.82) is 0 Å². The van der Waals surface area contributed by atoms with Crippen molar-refractivity contribution >= 4 is 34.9 Å². The number of amides is 2. The van der Waals surface area contributed by atoms with E-state index in [2.05, 4.69) is 0 Å². The van der Waals surface area contributed by atoms with Gasteiger partial charge in [0, 0.05) is 31.8 Å². The van der Waals surface area contributed by atoms with E-state index in [9.17, 15) is 9.59 Å². The molecular formula is C15H19ClN2O4S. The molecule has 0 bridgehead atoms. The molecule has 8 heteroatoms. The SMILES string of the molecule is COCCOC(=O)C1=C(C)N(C)C(=O)N(C)[C@H]1c1ccc(Cl)s1. The molecule has 6 nitrogen and oxygen atoms in total. The van der Waals surface area contributed by atoms with E-state index >= 15 is 0 Å². The maximum Gasteiger partial charge on any atom is 0.338 e. The van der Waals surface area contributed by atoms with E-state index in [0.717, 1.165) is 4.88 Å². The number of allylic oxidation sites excluding steroid dienone is 1. The zero-order valence-electron chi connectivity index (χ0n) is 13.5. The van der Waals surface area contributed by atoms with Gasteiger partial charge in [0.05, 0.1) is 16.5 Å². The lowest BCUT2D eigenvalue weighted by atomic mass is 9.99. The number of urea groups is 1. The number of hydrogen-bond acceptors (Lipinski definition) is 5. The summed E-state index contributed by atoms with van der Waals surface area (Å²) in [6.07, 6.45) is 0. The monoisotopic (exact) mass is 358 g/mol. The molecule has 1 aromatic heterocycles. The molecule has 126 valence electrons. The second-order valence-electron chi connectivity index (χ2n) is 5.12. The largest absolute Gasteiger partial charge is 0.460 e. The molecular weight excluding hydrogens is 340 g/mol. The molecule has 0 spiro atoms. The molecule has 0 fully saturated rings. The summed E-state index contributed by atoms with van der Waals surface area (Å²) >= 11 is 7.35. The standard InChI is InChI=1S/C15H19ClN2O4S/c1-9-12(14(19)22-8-7-21-4)13(10-5-6-11(16)23-10)18(3)15(20)17(9)2/h5-6,13H,7-8H2,1-4H3/t13-/m0/s1. The molecule has 0 saturated heterocycles. The summed E-state index contributed by atoms with van der Waals surface area (Å²) in [6.45, 7) is 2.21. The van der Waals surface area contributed by atoms with Gasteiger partial charge in [0.2, 0.25) is 0 Å². The van der Waals surface area contributed by atoms with Crippen LogP contribution in [0, 0.1) is 0 Å². The first-order chi connectivity index (χ1) is 10.9. The molecule has 2 rings (SSSR count). The number of hydrogen-bond donors (Lipinski definition) is 0. The Morgan fingerprint density at radius 2 is 2.04 bits per heavy atom. The molecule has 1 aliphatic heterocycles. The number of methoxy groups -OCH3 is 1. The highest BCUT2D eigenvalue weighted by Gasteiger charge is 2.39. The Labute approximate surface area is 144 Å². The summed E-state index contributed by atoms with van der Waals surface area (Å²) in [5, 5.41) is 0. The maximum atomic E-state index is 12.5. The van der Waals surface area contributed by atoms with E-state index in [-0.39, 0.29) is 12.6 Å². The highest BCUT2D eigenvalue weighted by Crippen LogP contribution is 2.40. The number of ether oxygens (including phenoxy) is 2. The Kier molecular flexibility index (Phi) is 5.67. The van der Waals surface area contributed by atoms with Crippen molar-refractivity contribution < 1.29 is 19.1 Å². The van der Waals surface area contributed by atoms with Gasteiger partial charge in [-0.2, -0.15) is 0 Å². The number of thiophene rings is 1. The lowest BCUT2D eigenvalue weighted by molar-refractivity contribution is -0.141. The number of carbonyl (C=O) groups excluding carboxylic acids is 2. The topological polar surface area (TPSA) is 59.1 Å². The zero-order valence-corrected chi connectivity index (χ0v) is 15.0. The van der Waals surface area contributed by atoms with E-state index in [1.54, 1.807) is 27.1 Å². The quantitative estimate of drug-likeness (QED) is 0.600. The molecule has 1 atom stereocenters. The van der Waals surface area contributed by atoms with Crippen LogP contribution in [0.3, 0.4) is 0 Å². The molecule has 0 radical (unpaired) electrons. The molecule has 1 aliphatic rings. The predicted octanol–water partition coefficient (Wildman–Crippen LogP) is 2.90. The summed E-state index contributed by atoms with van der Waals surface area (Å²) < 4.78 is 10.8. The smallest absolute Gasteiger partial charge is 0.338 e. The number of likely N-dealkylation sites (N-methyl/N-ethyl adjacent to an activating group) is 1. The normalized spacial score (nSPS) is 18.7. The molecule has 23 heavy (non-hydrogen) atoms. The first-order valence-corrected chi connectivity index (χ1v) is 8.20. The lowest BCUT2D eigenvalue weighted by Gasteiger charge is -2.38. The molecule has 0 N–H and O–H groups in total. The van der Waals surface area contributed by atoms with Gasteiger partial charge in [-0.05, 0) is 19.1 Å². The molecule has 0 saturated carbocycles. The molecule has 0 aromatic carbocycles. The second-order valence-corrected chi connectivity index (χ2v) is 6.87. The molecule has 2 amide bonds. The number of esters is 1. The van der Waals surface area contributed by atoms with Crippen LogP contribution in [0.1, 0.15) is 17.8 Å². The fraction of sp³-hybridized carbons (Fsp3) is 0.467. The van der Waals surface area contributed by atoms with Gasteiger partial charge in [0.1, 0.15) is 12.6 Å². The van der Waals surface area contributed by atoms with Crippen LogP contribution < -0.4 is 0 Å². The van der Waals surface area contributed by atoms with Crippen LogP contribution in [0.4, 0.5) is 4.79 Å². The van der Waals surface area contributed by atoms with Crippen LogP contribution >= 0.6 is 22.9 Å². The Morgan fingerprint density at radius 3 is 2.61 bits per heavy atom. The Hall–Kier alpha value is -1.57. The van der Waals surface area contributed by atoms with Crippen molar-refractivity contribution in [2.45, 2.75) is 13.0 Å². The second kappa shape index (κ2) is 7.33. The first kappa shape index (κ1) is 17.8. The third-order valence-electron chi connectivity index (χ3n) is 3.75. The highest BCUT2D eigenvalue weighted by atomic mass is 35.5. The van der Waals surface area contributed by atoms with Crippen LogP contribution in [0.5, 0.6) is 0 Å². The fourth-order valence-corrected chi connectivity index (χ4v) is 3.64. The van der Waals surface area contributed by atoms with Crippen molar-refractivity contribution in [2.24, 2.45) is 0 Å². The van der Waals surface area contributed by atoms with E-state index < -0.39 is 12.0 Å². The third-order valence-corrected chi connectivity index (χ3v) is 5.03. The van der Waals surface area contributed by atoms with Gasteiger partial charge < -0.3 is 19.3 Å². The summed E-state index contributed by atoms with van der Waals surface area (Å²) in [5.74, 6) is -0.458. The van der Waals surface area contributed by atoms with E-state index in [1.807, 2.05) is 6.07 Å². The number of nitrogens with zero attached hydrogens (tertiary/aromatic N) is 2. The number of carbonyl (C=O) groups is 2. The fourth-order valence-electron chi connectivity index (χ4n) is 2.43. The van der Waals surface area contributed by atoms with Crippen molar-refractivity contribution in [1.82, 2.24) is 9.80 Å². The minimum absolute atomic E-state index is 0.158. The average molecular weight is 359 g/mol. The Morgan fingerprint density at radius 1 is 1.35 bits per heavy atom. The van der Waals surface area contributed by atoms with E-state index in [1.165, 1.54) is 28.2 Å². The van der Waals surface area contributed by atoms with Crippen LogP contribution in [-0.4, -0.2) is 56.2 Å². The van der Waals surface area contributed by atoms with Gasteiger partial charge in [0.25, 0.3) is 0 Å². The first-order valence-electron chi connectivity index (χ1n) is 7.01. The summed E-state index contributed by atoms with van der Waals surface area (Å²) in [6, 6.07) is 2.88. The highest BCUT2D eigenvalue weighted by molar-refractivity contribution is 7.16. The zero-order chi connectivity index (χ0) is 17.1. The summed E-state index contributed by atoms with van der Waals surface area (Å²) in [4.78, 5) is 28.7. The van der Waals surface area contributed by atoms with Crippen LogP contribution in [-0.2, 0) is 14.3 Å². The van der Waals surface area contributed by atoms with Gasteiger partial charge in [-0.25, -0.2) is 9.59 Å². The van der Waals surface area contributed by atoms with E-state index in [4.69, 9.17) is 21.1 Å². The van der Waals surface area contributed by atoms with Crippen molar-refractivity contribution in [3.63, 3.8) is 0 Å². The van der Waals surface area contributed by atoms with Crippen molar-refractivity contribution in [2.75, 3.05) is 34.4 Å². The Bertz CT molecular complexity index is 643. The van der Waals surface area contributed by atoms with Gasteiger partial charge >= 0.3 is 12.0 Å². The predicted molar refractivity (Wildman–Crippen MR) is 88.5 cm³/mol. The number of rotatable bonds is 5. The van der Waals surface area contributed by atoms with Gasteiger partial charge in [-0.15, -0.1) is 11.3 Å². The number of halogens is 1. The van der Waals surface area contributed by atoms with Gasteiger partial charge in [-0.1, -0.05) is 11.6 Å². The Balaban J connectivity index is 2.42. The lowest BCUT2D eigenvalue weighted by Crippen LogP contribution is -2.47. The van der Waals surface area contributed by atoms with Crippen molar-refractivity contribution in [3.05, 3.63) is 32.6 Å². The summed E-state index contributed by atoms with van der Waals surface area (Å²) in [7, 11) is 4.83. The minimum Gasteiger partial charge on any atom is -0.460 e. The summed E-state index contributed by atoms with van der Waals surface area (Å²) in [5.41, 5.74) is 1.01. The molecule has 1 aromatic rings.